The number of hydrogen-bond donors (Lipinski definition) is 2. The average Bonchev–Trinajstić information content (AvgIpc) is 3.20. The highest BCUT2D eigenvalue weighted by atomic mass is 19.4. The number of H-pyrrole nitrogens is 1. The molecule has 33 heavy (non-hydrogen) atoms. The molecule has 1 aliphatic heterocycles. The molecule has 2 aromatic heterocycles. The second kappa shape index (κ2) is 9.02. The molecule has 7 nitrogen and oxygen atoms in total. The molecule has 4 aromatic rings. The van der Waals surface area contributed by atoms with E-state index in [2.05, 4.69) is 25.1 Å². The molecule has 172 valence electrons. The number of aromatic nitrogens is 4. The van der Waals surface area contributed by atoms with Crippen molar-refractivity contribution >= 4 is 10.9 Å². The van der Waals surface area contributed by atoms with Crippen LogP contribution in [0.15, 0.2) is 53.3 Å². The monoisotopic (exact) mass is 461 g/mol. The van der Waals surface area contributed by atoms with Crippen LogP contribution in [-0.4, -0.2) is 32.7 Å². The third-order valence-corrected chi connectivity index (χ3v) is 4.93. The van der Waals surface area contributed by atoms with Crippen molar-refractivity contribution in [3.8, 4) is 17.3 Å². The Balaban J connectivity index is 0.000000200. The number of aromatic amines is 1. The van der Waals surface area contributed by atoms with E-state index in [1.807, 2.05) is 4.68 Å². The van der Waals surface area contributed by atoms with Crippen molar-refractivity contribution < 1.29 is 22.3 Å². The maximum Gasteiger partial charge on any atom is 0.573 e. The lowest BCUT2D eigenvalue weighted by molar-refractivity contribution is -0.274. The van der Waals surface area contributed by atoms with E-state index in [9.17, 15) is 22.4 Å². The minimum atomic E-state index is -4.60. The van der Waals surface area contributed by atoms with E-state index in [4.69, 9.17) is 0 Å². The molecule has 0 atom stereocenters. The van der Waals surface area contributed by atoms with Gasteiger partial charge in [0.05, 0.1) is 24.3 Å². The van der Waals surface area contributed by atoms with Crippen LogP contribution in [0.25, 0.3) is 22.4 Å². The Morgan fingerprint density at radius 2 is 1.88 bits per heavy atom. The fraction of sp³-hybridized carbons (Fsp3) is 0.227. The van der Waals surface area contributed by atoms with Crippen LogP contribution in [0.5, 0.6) is 5.75 Å². The minimum Gasteiger partial charge on any atom is -0.406 e. The van der Waals surface area contributed by atoms with Crippen LogP contribution >= 0.6 is 0 Å². The smallest absolute Gasteiger partial charge is 0.406 e. The van der Waals surface area contributed by atoms with Gasteiger partial charge in [0, 0.05) is 17.5 Å². The van der Waals surface area contributed by atoms with Gasteiger partial charge in [0.1, 0.15) is 17.4 Å². The molecule has 0 spiro atoms. The van der Waals surface area contributed by atoms with E-state index in [1.165, 1.54) is 36.4 Å². The Morgan fingerprint density at radius 3 is 2.58 bits per heavy atom. The number of pyridine rings is 1. The van der Waals surface area contributed by atoms with Crippen molar-refractivity contribution in [2.24, 2.45) is 0 Å². The van der Waals surface area contributed by atoms with Gasteiger partial charge in [0.25, 0.3) is 0 Å². The van der Waals surface area contributed by atoms with Crippen LogP contribution < -0.4 is 15.5 Å². The molecular weight excluding hydrogens is 442 g/mol. The van der Waals surface area contributed by atoms with Crippen LogP contribution in [0.1, 0.15) is 11.4 Å². The molecule has 5 rings (SSSR count). The molecule has 0 saturated carbocycles. The number of alkyl halides is 3. The third kappa shape index (κ3) is 5.20. The molecule has 0 radical (unpaired) electrons. The number of halogens is 4. The van der Waals surface area contributed by atoms with E-state index in [-0.39, 0.29) is 11.2 Å². The number of nitrogens with zero attached hydrogens (tertiary/aromatic N) is 3. The topological polar surface area (TPSA) is 84.8 Å². The second-order valence-electron chi connectivity index (χ2n) is 7.26. The van der Waals surface area contributed by atoms with Gasteiger partial charge in [0.2, 0.25) is 0 Å². The van der Waals surface area contributed by atoms with E-state index in [0.29, 0.717) is 34.5 Å². The Morgan fingerprint density at radius 1 is 1.12 bits per heavy atom. The summed E-state index contributed by atoms with van der Waals surface area (Å²) in [5, 5.41) is 8.04. The molecule has 0 aliphatic carbocycles. The number of fused-ring (bicyclic) bond motifs is 2. The van der Waals surface area contributed by atoms with Gasteiger partial charge >= 0.3 is 6.36 Å². The highest BCUT2D eigenvalue weighted by Gasteiger charge is 2.30. The summed E-state index contributed by atoms with van der Waals surface area (Å²) in [5.41, 5.74) is 1.46. The highest BCUT2D eigenvalue weighted by molar-refractivity contribution is 5.82. The molecule has 0 unspecified atom stereocenters. The maximum absolute atomic E-state index is 13.3. The maximum atomic E-state index is 13.3. The van der Waals surface area contributed by atoms with E-state index < -0.39 is 12.2 Å². The number of para-hydroxylation sites is 1. The van der Waals surface area contributed by atoms with Crippen molar-refractivity contribution in [2.45, 2.75) is 26.4 Å². The zero-order chi connectivity index (χ0) is 23.6. The van der Waals surface area contributed by atoms with Crippen molar-refractivity contribution in [2.75, 3.05) is 6.54 Å². The summed E-state index contributed by atoms with van der Waals surface area (Å²) in [7, 11) is 0. The first-order valence-electron chi connectivity index (χ1n) is 9.99. The molecule has 3 heterocycles. The molecule has 0 saturated heterocycles. The lowest BCUT2D eigenvalue weighted by atomic mass is 10.1. The van der Waals surface area contributed by atoms with Gasteiger partial charge in [-0.2, -0.15) is 0 Å². The molecule has 0 bridgehead atoms. The predicted octanol–water partition coefficient (Wildman–Crippen LogP) is 3.92. The Labute approximate surface area is 185 Å². The van der Waals surface area contributed by atoms with Crippen LogP contribution in [0.3, 0.4) is 0 Å². The van der Waals surface area contributed by atoms with Crippen molar-refractivity contribution in [3.05, 3.63) is 76.0 Å². The standard InChI is InChI=1S/C15H14FN5O.C7H5F3O/c1-8-13(15-19-12-7-17-4-5-21(12)20-15)18-11-3-2-9(16)6-10(11)14(8)22;8-7(9,10)11-6-4-2-1-3-5-6/h2-3,6,17H,4-5,7H2,1H3,(H,18,22);1-5H. The fourth-order valence-corrected chi connectivity index (χ4v) is 3.38. The molecular formula is C22H19F4N5O2. The summed E-state index contributed by atoms with van der Waals surface area (Å²) >= 11 is 0. The summed E-state index contributed by atoms with van der Waals surface area (Å²) in [5.74, 6) is 0.729. The van der Waals surface area contributed by atoms with Gasteiger partial charge in [-0.25, -0.2) is 14.1 Å². The average molecular weight is 461 g/mol. The van der Waals surface area contributed by atoms with Crippen LogP contribution in [-0.2, 0) is 13.1 Å². The number of nitrogens with one attached hydrogen (secondary N) is 2. The van der Waals surface area contributed by atoms with Gasteiger partial charge in [-0.1, -0.05) is 18.2 Å². The Bertz CT molecular complexity index is 1310. The van der Waals surface area contributed by atoms with Gasteiger partial charge in [-0.05, 0) is 37.3 Å². The van der Waals surface area contributed by atoms with Gasteiger partial charge in [-0.15, -0.1) is 18.3 Å². The zero-order valence-electron chi connectivity index (χ0n) is 17.4. The zero-order valence-corrected chi connectivity index (χ0v) is 17.4. The van der Waals surface area contributed by atoms with Crippen molar-refractivity contribution in [1.29, 1.82) is 0 Å². The first-order valence-corrected chi connectivity index (χ1v) is 9.99. The van der Waals surface area contributed by atoms with Crippen LogP contribution in [0.2, 0.25) is 0 Å². The number of benzene rings is 2. The minimum absolute atomic E-state index is 0.194. The van der Waals surface area contributed by atoms with Crippen molar-refractivity contribution in [1.82, 2.24) is 25.1 Å². The summed E-state index contributed by atoms with van der Waals surface area (Å²) in [6, 6.07) is 11.2. The number of hydrogen-bond acceptors (Lipinski definition) is 5. The molecule has 0 amide bonds. The molecule has 0 fully saturated rings. The SMILES string of the molecule is Cc1c(-c2nc3n(n2)CCNC3)[nH]c2ccc(F)cc2c1=O.FC(F)(F)Oc1ccccc1. The number of rotatable bonds is 2. The van der Waals surface area contributed by atoms with Gasteiger partial charge in [0.15, 0.2) is 11.3 Å². The normalized spacial score (nSPS) is 13.2. The predicted molar refractivity (Wildman–Crippen MR) is 113 cm³/mol. The summed E-state index contributed by atoms with van der Waals surface area (Å²) < 4.78 is 53.3. The first kappa shape index (κ1) is 22.5. The molecule has 1 aliphatic rings. The fourth-order valence-electron chi connectivity index (χ4n) is 3.38. The third-order valence-electron chi connectivity index (χ3n) is 4.93. The summed E-state index contributed by atoms with van der Waals surface area (Å²) in [6.45, 7) is 3.97. The Hall–Kier alpha value is -3.73. The van der Waals surface area contributed by atoms with Gasteiger partial charge < -0.3 is 15.0 Å². The quantitative estimate of drug-likeness (QED) is 0.442. The van der Waals surface area contributed by atoms with Gasteiger partial charge in [-0.3, -0.25) is 4.79 Å². The highest BCUT2D eigenvalue weighted by Crippen LogP contribution is 2.22. The lowest BCUT2D eigenvalue weighted by Gasteiger charge is -2.11. The summed E-state index contributed by atoms with van der Waals surface area (Å²) in [4.78, 5) is 20.1. The largest absolute Gasteiger partial charge is 0.573 e. The first-order chi connectivity index (χ1) is 15.7. The Kier molecular flexibility index (Phi) is 6.14. The van der Waals surface area contributed by atoms with Crippen LogP contribution in [0, 0.1) is 12.7 Å². The van der Waals surface area contributed by atoms with E-state index in [1.54, 1.807) is 19.1 Å². The second-order valence-corrected chi connectivity index (χ2v) is 7.26. The van der Waals surface area contributed by atoms with E-state index in [0.717, 1.165) is 18.9 Å². The molecule has 2 N–H and O–H groups in total. The van der Waals surface area contributed by atoms with Crippen LogP contribution in [0.4, 0.5) is 17.6 Å². The lowest BCUT2D eigenvalue weighted by Crippen LogP contribution is -2.28. The number of ether oxygens (including phenoxy) is 1. The molecule has 2 aromatic carbocycles. The van der Waals surface area contributed by atoms with Crippen molar-refractivity contribution in [3.63, 3.8) is 0 Å². The summed E-state index contributed by atoms with van der Waals surface area (Å²) in [6.07, 6.45) is -4.60. The molecule has 11 heteroatoms. The van der Waals surface area contributed by atoms with E-state index >= 15 is 0 Å².